The Morgan fingerprint density at radius 3 is 2.42 bits per heavy atom. The van der Waals surface area contributed by atoms with Gasteiger partial charge in [-0.1, -0.05) is 60.5 Å². The van der Waals surface area contributed by atoms with Crippen molar-refractivity contribution in [1.29, 1.82) is 0 Å². The van der Waals surface area contributed by atoms with Gasteiger partial charge in [0.05, 0.1) is 21.7 Å². The summed E-state index contributed by atoms with van der Waals surface area (Å²) in [4.78, 5) is 22.0. The van der Waals surface area contributed by atoms with Gasteiger partial charge >= 0.3 is 0 Å². The van der Waals surface area contributed by atoms with Gasteiger partial charge in [-0.05, 0) is 43.5 Å². The normalized spacial score (nSPS) is 11.2. The molecule has 1 N–H and O–H groups in total. The minimum Gasteiger partial charge on any atom is -0.329 e. The molecule has 7 nitrogen and oxygen atoms in total. The maximum Gasteiger partial charge on any atom is 0.258 e. The lowest BCUT2D eigenvalue weighted by Gasteiger charge is -2.10. The summed E-state index contributed by atoms with van der Waals surface area (Å²) in [5, 5.41) is 8.57. The minimum atomic E-state index is -0.310. The number of fused-ring (bicyclic) bond motifs is 1. The number of rotatable bonds is 7. The van der Waals surface area contributed by atoms with Crippen LogP contribution in [0.3, 0.4) is 0 Å². The third kappa shape index (κ3) is 4.75. The van der Waals surface area contributed by atoms with E-state index in [4.69, 9.17) is 11.6 Å². The van der Waals surface area contributed by atoms with Gasteiger partial charge in [0.2, 0.25) is 0 Å². The summed E-state index contributed by atoms with van der Waals surface area (Å²) in [6.45, 7) is 7.17. The Labute approximate surface area is 214 Å². The monoisotopic (exact) mass is 498 g/mol. The lowest BCUT2D eigenvalue weighted by molar-refractivity contribution is 0.102. The van der Waals surface area contributed by atoms with Gasteiger partial charge in [-0.3, -0.25) is 4.79 Å². The van der Waals surface area contributed by atoms with Gasteiger partial charge in [0.25, 0.3) is 5.91 Å². The molecule has 8 heteroatoms. The molecule has 0 saturated carbocycles. The predicted molar refractivity (Wildman–Crippen MR) is 143 cm³/mol. The zero-order valence-electron chi connectivity index (χ0n) is 20.5. The number of nitrogens with one attached hydrogen (secondary N) is 1. The second-order valence-corrected chi connectivity index (χ2v) is 9.27. The highest BCUT2D eigenvalue weighted by atomic mass is 35.5. The van der Waals surface area contributed by atoms with Gasteiger partial charge in [-0.15, -0.1) is 0 Å². The lowest BCUT2D eigenvalue weighted by Crippen LogP contribution is -2.13. The summed E-state index contributed by atoms with van der Waals surface area (Å²) in [6.07, 6.45) is 6.29. The first-order valence-corrected chi connectivity index (χ1v) is 12.3. The number of benzene rings is 2. The fourth-order valence-corrected chi connectivity index (χ4v) is 4.58. The van der Waals surface area contributed by atoms with Crippen molar-refractivity contribution in [3.05, 3.63) is 106 Å². The Hall–Kier alpha value is -3.97. The van der Waals surface area contributed by atoms with E-state index in [0.29, 0.717) is 39.5 Å². The zero-order chi connectivity index (χ0) is 25.2. The lowest BCUT2D eigenvalue weighted by atomic mass is 10.1. The molecular formula is C28H27ClN6O. The number of aryl methyl sites for hydroxylation is 3. The SMILES string of the molecule is CCc1ccc(Cn2ccnc2Cn2nc(C)c3c(Cl)c(C(=O)Nc4ccc(C)cc4)cnc32)cc1. The Morgan fingerprint density at radius 1 is 0.972 bits per heavy atom. The number of carbonyl (C=O) groups is 1. The summed E-state index contributed by atoms with van der Waals surface area (Å²) in [5.74, 6) is 0.549. The van der Waals surface area contributed by atoms with Crippen molar-refractivity contribution in [1.82, 2.24) is 24.3 Å². The van der Waals surface area contributed by atoms with Gasteiger partial charge in [0.1, 0.15) is 12.4 Å². The predicted octanol–water partition coefficient (Wildman–Crippen LogP) is 5.81. The molecule has 0 aliphatic heterocycles. The number of amides is 1. The maximum absolute atomic E-state index is 12.9. The van der Waals surface area contributed by atoms with E-state index in [9.17, 15) is 4.79 Å². The molecule has 0 radical (unpaired) electrons. The molecule has 0 spiro atoms. The number of hydrogen-bond acceptors (Lipinski definition) is 4. The number of carbonyl (C=O) groups excluding carboxylic acids is 1. The first kappa shape index (κ1) is 23.8. The number of hydrogen-bond donors (Lipinski definition) is 1. The Balaban J connectivity index is 1.40. The second kappa shape index (κ2) is 9.95. The van der Waals surface area contributed by atoms with Crippen LogP contribution in [0.25, 0.3) is 11.0 Å². The van der Waals surface area contributed by atoms with Crippen LogP contribution >= 0.6 is 11.6 Å². The van der Waals surface area contributed by atoms with E-state index in [2.05, 4.69) is 56.1 Å². The number of anilines is 1. The Morgan fingerprint density at radius 2 is 1.69 bits per heavy atom. The van der Waals surface area contributed by atoms with E-state index >= 15 is 0 Å². The third-order valence-electron chi connectivity index (χ3n) is 6.30. The first-order valence-electron chi connectivity index (χ1n) is 11.9. The van der Waals surface area contributed by atoms with E-state index in [-0.39, 0.29) is 5.91 Å². The van der Waals surface area contributed by atoms with Crippen LogP contribution < -0.4 is 5.32 Å². The molecular weight excluding hydrogens is 472 g/mol. The smallest absolute Gasteiger partial charge is 0.258 e. The highest BCUT2D eigenvalue weighted by molar-refractivity contribution is 6.39. The summed E-state index contributed by atoms with van der Waals surface area (Å²) < 4.78 is 3.89. The highest BCUT2D eigenvalue weighted by Gasteiger charge is 2.20. The molecule has 36 heavy (non-hydrogen) atoms. The van der Waals surface area contributed by atoms with E-state index in [1.165, 1.54) is 17.3 Å². The first-order chi connectivity index (χ1) is 17.4. The van der Waals surface area contributed by atoms with Crippen molar-refractivity contribution in [3.63, 3.8) is 0 Å². The molecule has 0 saturated heterocycles. The second-order valence-electron chi connectivity index (χ2n) is 8.89. The fraction of sp³-hybridized carbons (Fsp3) is 0.214. The molecule has 0 unspecified atom stereocenters. The van der Waals surface area contributed by atoms with Gasteiger partial charge in [-0.2, -0.15) is 5.10 Å². The zero-order valence-corrected chi connectivity index (χ0v) is 21.3. The van der Waals surface area contributed by atoms with Gasteiger partial charge in [0.15, 0.2) is 5.65 Å². The van der Waals surface area contributed by atoms with Crippen LogP contribution in [0.5, 0.6) is 0 Å². The molecule has 5 aromatic rings. The van der Waals surface area contributed by atoms with Crippen molar-refractivity contribution in [2.75, 3.05) is 5.32 Å². The Bertz CT molecular complexity index is 1530. The summed E-state index contributed by atoms with van der Waals surface area (Å²) in [5.41, 5.74) is 5.98. The van der Waals surface area contributed by atoms with Crippen LogP contribution in [0.1, 0.15) is 45.5 Å². The van der Waals surface area contributed by atoms with Crippen LogP contribution in [0.15, 0.2) is 67.1 Å². The Kier molecular flexibility index (Phi) is 6.57. The number of nitrogens with zero attached hydrogens (tertiary/aromatic N) is 5. The molecule has 182 valence electrons. The molecule has 0 aliphatic carbocycles. The van der Waals surface area contributed by atoms with E-state index < -0.39 is 0 Å². The summed E-state index contributed by atoms with van der Waals surface area (Å²) in [7, 11) is 0. The standard InChI is InChI=1S/C28H27ClN6O/c1-4-20-7-9-21(10-8-20)16-34-14-13-30-24(34)17-35-27-25(19(3)33-35)26(29)23(15-31-27)28(36)32-22-11-5-18(2)6-12-22/h5-15H,4,16-17H2,1-3H3,(H,32,36). The van der Waals surface area contributed by atoms with E-state index in [0.717, 1.165) is 24.4 Å². The highest BCUT2D eigenvalue weighted by Crippen LogP contribution is 2.29. The average molecular weight is 499 g/mol. The van der Waals surface area contributed by atoms with Gasteiger partial charge in [0, 0.05) is 30.8 Å². The van der Waals surface area contributed by atoms with Crippen LogP contribution in [0.2, 0.25) is 5.02 Å². The molecule has 0 atom stereocenters. The van der Waals surface area contributed by atoms with Crippen LogP contribution in [-0.4, -0.2) is 30.2 Å². The van der Waals surface area contributed by atoms with Crippen molar-refractivity contribution in [3.8, 4) is 0 Å². The fourth-order valence-electron chi connectivity index (χ4n) is 4.23. The number of halogens is 1. The van der Waals surface area contributed by atoms with Crippen molar-refractivity contribution in [2.24, 2.45) is 0 Å². The molecule has 2 aromatic carbocycles. The molecule has 0 aliphatic rings. The van der Waals surface area contributed by atoms with Crippen molar-refractivity contribution < 1.29 is 4.79 Å². The molecule has 0 bridgehead atoms. The number of pyridine rings is 1. The molecule has 0 fully saturated rings. The molecule has 1 amide bonds. The quantitative estimate of drug-likeness (QED) is 0.307. The molecule has 3 aromatic heterocycles. The van der Waals surface area contributed by atoms with Crippen molar-refractivity contribution in [2.45, 2.75) is 40.3 Å². The molecule has 3 heterocycles. The van der Waals surface area contributed by atoms with Crippen molar-refractivity contribution >= 4 is 34.2 Å². The molecule has 5 rings (SSSR count). The number of aromatic nitrogens is 5. The minimum absolute atomic E-state index is 0.310. The summed E-state index contributed by atoms with van der Waals surface area (Å²) in [6, 6.07) is 16.2. The topological polar surface area (TPSA) is 77.6 Å². The van der Waals surface area contributed by atoms with Crippen LogP contribution in [-0.2, 0) is 19.5 Å². The summed E-state index contributed by atoms with van der Waals surface area (Å²) >= 11 is 6.72. The van der Waals surface area contributed by atoms with Crippen LogP contribution in [0, 0.1) is 13.8 Å². The van der Waals surface area contributed by atoms with E-state index in [1.807, 2.05) is 44.3 Å². The third-order valence-corrected chi connectivity index (χ3v) is 6.70. The van der Waals surface area contributed by atoms with Crippen LogP contribution in [0.4, 0.5) is 5.69 Å². The van der Waals surface area contributed by atoms with Gasteiger partial charge in [-0.25, -0.2) is 14.6 Å². The van der Waals surface area contributed by atoms with Gasteiger partial charge < -0.3 is 9.88 Å². The van der Waals surface area contributed by atoms with E-state index in [1.54, 1.807) is 10.9 Å². The number of imidazole rings is 1. The largest absolute Gasteiger partial charge is 0.329 e. The average Bonchev–Trinajstić information content (AvgIpc) is 3.45. The maximum atomic E-state index is 12.9.